The second-order valence-corrected chi connectivity index (χ2v) is 4.08. The zero-order chi connectivity index (χ0) is 13.1. The summed E-state index contributed by atoms with van der Waals surface area (Å²) >= 11 is 0. The first kappa shape index (κ1) is 12.3. The summed E-state index contributed by atoms with van der Waals surface area (Å²) in [4.78, 5) is 28.1. The fourth-order valence-corrected chi connectivity index (χ4v) is 1.77. The van der Waals surface area contributed by atoms with E-state index in [-0.39, 0.29) is 0 Å². The smallest absolute Gasteiger partial charge is 0.308 e. The molecule has 0 aliphatic carbocycles. The Morgan fingerprint density at radius 3 is 2.94 bits per heavy atom. The van der Waals surface area contributed by atoms with Crippen molar-refractivity contribution in [3.8, 4) is 0 Å². The molecule has 0 aliphatic heterocycles. The number of rotatable bonds is 5. The van der Waals surface area contributed by atoms with Gasteiger partial charge in [-0.25, -0.2) is 15.0 Å². The van der Waals surface area contributed by atoms with Crippen LogP contribution in [-0.2, 0) is 4.79 Å². The Bertz CT molecular complexity index is 553. The Morgan fingerprint density at radius 2 is 2.28 bits per heavy atom. The van der Waals surface area contributed by atoms with Crippen LogP contribution in [-0.4, -0.2) is 44.1 Å². The topological polar surface area (TPSA) is 95.0 Å². The van der Waals surface area contributed by atoms with Crippen LogP contribution in [0.25, 0.3) is 11.2 Å². The minimum absolute atomic E-state index is 0.400. The maximum atomic E-state index is 10.9. The van der Waals surface area contributed by atoms with Gasteiger partial charge in [-0.1, -0.05) is 6.92 Å². The van der Waals surface area contributed by atoms with Crippen molar-refractivity contribution in [2.45, 2.75) is 13.8 Å². The van der Waals surface area contributed by atoms with Crippen molar-refractivity contribution in [1.82, 2.24) is 19.9 Å². The molecule has 2 heterocycles. The second kappa shape index (κ2) is 4.99. The van der Waals surface area contributed by atoms with Crippen LogP contribution < -0.4 is 4.90 Å². The highest BCUT2D eigenvalue weighted by Gasteiger charge is 2.18. The predicted octanol–water partition coefficient (Wildman–Crippen LogP) is 0.900. The molecule has 7 heteroatoms. The van der Waals surface area contributed by atoms with Gasteiger partial charge in [-0.2, -0.15) is 0 Å². The average molecular weight is 249 g/mol. The number of imidazole rings is 1. The maximum absolute atomic E-state index is 10.9. The van der Waals surface area contributed by atoms with Crippen molar-refractivity contribution in [2.75, 3.05) is 18.0 Å². The Kier molecular flexibility index (Phi) is 3.40. The molecule has 96 valence electrons. The third-order valence-electron chi connectivity index (χ3n) is 2.80. The lowest BCUT2D eigenvalue weighted by molar-refractivity contribution is -0.140. The summed E-state index contributed by atoms with van der Waals surface area (Å²) in [5, 5.41) is 8.97. The van der Waals surface area contributed by atoms with Crippen molar-refractivity contribution >= 4 is 23.0 Å². The molecule has 0 aliphatic rings. The van der Waals surface area contributed by atoms with E-state index in [0.29, 0.717) is 24.6 Å². The average Bonchev–Trinajstić information content (AvgIpc) is 2.83. The first-order valence-corrected chi connectivity index (χ1v) is 5.75. The molecule has 0 aromatic carbocycles. The number of fused-ring (bicyclic) bond motifs is 1. The van der Waals surface area contributed by atoms with E-state index in [9.17, 15) is 4.79 Å². The summed E-state index contributed by atoms with van der Waals surface area (Å²) in [7, 11) is 0. The molecular formula is C11H15N5O2. The number of aliphatic carboxylic acids is 1. The Morgan fingerprint density at radius 1 is 1.50 bits per heavy atom. The van der Waals surface area contributed by atoms with Crippen LogP contribution in [0.5, 0.6) is 0 Å². The maximum Gasteiger partial charge on any atom is 0.308 e. The molecule has 0 radical (unpaired) electrons. The predicted molar refractivity (Wildman–Crippen MR) is 66.4 cm³/mol. The van der Waals surface area contributed by atoms with Gasteiger partial charge in [0.05, 0.1) is 12.2 Å². The minimum atomic E-state index is -0.816. The van der Waals surface area contributed by atoms with Gasteiger partial charge in [-0.05, 0) is 6.92 Å². The Labute approximate surface area is 104 Å². The lowest BCUT2D eigenvalue weighted by Gasteiger charge is -2.23. The van der Waals surface area contributed by atoms with E-state index in [1.807, 2.05) is 11.8 Å². The van der Waals surface area contributed by atoms with E-state index in [1.54, 1.807) is 13.3 Å². The van der Waals surface area contributed by atoms with E-state index in [2.05, 4.69) is 19.9 Å². The summed E-state index contributed by atoms with van der Waals surface area (Å²) < 4.78 is 0. The quantitative estimate of drug-likeness (QED) is 0.817. The third kappa shape index (κ3) is 2.24. The van der Waals surface area contributed by atoms with Crippen molar-refractivity contribution in [3.05, 3.63) is 12.7 Å². The van der Waals surface area contributed by atoms with Crippen molar-refractivity contribution in [1.29, 1.82) is 0 Å². The molecular weight excluding hydrogens is 234 g/mol. The minimum Gasteiger partial charge on any atom is -0.481 e. The Balaban J connectivity index is 2.32. The molecule has 0 fully saturated rings. The van der Waals surface area contributed by atoms with Gasteiger partial charge in [0.15, 0.2) is 11.5 Å². The lowest BCUT2D eigenvalue weighted by Crippen LogP contribution is -2.32. The van der Waals surface area contributed by atoms with Crippen molar-refractivity contribution < 1.29 is 9.90 Å². The third-order valence-corrected chi connectivity index (χ3v) is 2.80. The van der Waals surface area contributed by atoms with Gasteiger partial charge in [-0.15, -0.1) is 0 Å². The van der Waals surface area contributed by atoms with Gasteiger partial charge in [0.25, 0.3) is 0 Å². The number of carbonyl (C=O) groups is 1. The zero-order valence-corrected chi connectivity index (χ0v) is 10.3. The highest BCUT2D eigenvalue weighted by molar-refractivity contribution is 5.83. The molecule has 2 aromatic heterocycles. The van der Waals surface area contributed by atoms with E-state index in [1.165, 1.54) is 6.33 Å². The highest BCUT2D eigenvalue weighted by Crippen LogP contribution is 2.20. The van der Waals surface area contributed by atoms with Gasteiger partial charge < -0.3 is 15.0 Å². The first-order chi connectivity index (χ1) is 8.63. The molecule has 0 amide bonds. The number of anilines is 1. The Hall–Kier alpha value is -2.18. The van der Waals surface area contributed by atoms with Crippen LogP contribution in [0.3, 0.4) is 0 Å². The fraction of sp³-hybridized carbons (Fsp3) is 0.455. The number of carboxylic acids is 1. The largest absolute Gasteiger partial charge is 0.481 e. The molecule has 2 N–H and O–H groups in total. The van der Waals surface area contributed by atoms with Crippen LogP contribution in [0.15, 0.2) is 12.7 Å². The van der Waals surface area contributed by atoms with Gasteiger partial charge in [0.2, 0.25) is 0 Å². The summed E-state index contributed by atoms with van der Waals surface area (Å²) in [5.41, 5.74) is 1.32. The molecule has 0 saturated carbocycles. The number of carboxylic acid groups (broad SMARTS) is 1. The monoisotopic (exact) mass is 249 g/mol. The number of aromatic nitrogens is 4. The van der Waals surface area contributed by atoms with Crippen LogP contribution in [0, 0.1) is 5.92 Å². The lowest BCUT2D eigenvalue weighted by atomic mass is 10.1. The number of nitrogens with zero attached hydrogens (tertiary/aromatic N) is 4. The number of nitrogens with one attached hydrogen (secondary N) is 1. The van der Waals surface area contributed by atoms with Crippen molar-refractivity contribution in [2.24, 2.45) is 5.92 Å². The van der Waals surface area contributed by atoms with Crippen molar-refractivity contribution in [3.63, 3.8) is 0 Å². The van der Waals surface area contributed by atoms with Gasteiger partial charge in [0, 0.05) is 13.1 Å². The number of hydrogen-bond donors (Lipinski definition) is 2. The summed E-state index contributed by atoms with van der Waals surface area (Å²) in [6, 6.07) is 0. The number of hydrogen-bond acceptors (Lipinski definition) is 5. The first-order valence-electron chi connectivity index (χ1n) is 5.75. The molecule has 2 rings (SSSR count). The zero-order valence-electron chi connectivity index (χ0n) is 10.3. The molecule has 0 spiro atoms. The summed E-state index contributed by atoms with van der Waals surface area (Å²) in [5.74, 6) is -0.589. The van der Waals surface area contributed by atoms with E-state index in [0.717, 1.165) is 5.52 Å². The summed E-state index contributed by atoms with van der Waals surface area (Å²) in [6.07, 6.45) is 2.99. The van der Waals surface area contributed by atoms with Crippen LogP contribution in [0.1, 0.15) is 13.8 Å². The number of aromatic amines is 1. The van der Waals surface area contributed by atoms with E-state index >= 15 is 0 Å². The van der Waals surface area contributed by atoms with Crippen LogP contribution in [0.4, 0.5) is 5.82 Å². The molecule has 7 nitrogen and oxygen atoms in total. The molecule has 2 aromatic rings. The van der Waals surface area contributed by atoms with Crippen LogP contribution >= 0.6 is 0 Å². The molecule has 1 atom stereocenters. The second-order valence-electron chi connectivity index (χ2n) is 4.08. The normalized spacial score (nSPS) is 12.6. The van der Waals surface area contributed by atoms with Gasteiger partial charge in [0.1, 0.15) is 11.8 Å². The molecule has 0 saturated heterocycles. The van der Waals surface area contributed by atoms with Crippen LogP contribution in [0.2, 0.25) is 0 Å². The van der Waals surface area contributed by atoms with E-state index < -0.39 is 11.9 Å². The SMILES string of the molecule is CCN(CC(C)C(=O)O)c1ncnc2nc[nH]c12. The number of H-pyrrole nitrogens is 1. The van der Waals surface area contributed by atoms with Gasteiger partial charge in [-0.3, -0.25) is 4.79 Å². The summed E-state index contributed by atoms with van der Waals surface area (Å²) in [6.45, 7) is 4.70. The van der Waals surface area contributed by atoms with Gasteiger partial charge >= 0.3 is 5.97 Å². The molecule has 0 bridgehead atoms. The molecule has 18 heavy (non-hydrogen) atoms. The fourth-order valence-electron chi connectivity index (χ4n) is 1.77. The highest BCUT2D eigenvalue weighted by atomic mass is 16.4. The van der Waals surface area contributed by atoms with E-state index in [4.69, 9.17) is 5.11 Å². The standard InChI is InChI=1S/C11H15N5O2/c1-3-16(4-7(2)11(17)18)10-8-9(13-5-12-8)14-6-15-10/h5-7H,3-4H2,1-2H3,(H,17,18)(H,12,13,14,15). The molecule has 1 unspecified atom stereocenters.